The first kappa shape index (κ1) is 8.81. The van der Waals surface area contributed by atoms with E-state index in [1.54, 1.807) is 6.20 Å². The summed E-state index contributed by atoms with van der Waals surface area (Å²) in [6.45, 7) is 5.21. The van der Waals surface area contributed by atoms with Gasteiger partial charge in [-0.15, -0.1) is 0 Å². The Labute approximate surface area is 86.1 Å². The summed E-state index contributed by atoms with van der Waals surface area (Å²) < 4.78 is 1.00. The van der Waals surface area contributed by atoms with E-state index in [0.717, 1.165) is 22.5 Å². The molecule has 3 nitrogen and oxygen atoms in total. The van der Waals surface area contributed by atoms with Crippen LogP contribution in [0.25, 0.3) is 0 Å². The molecule has 0 saturated heterocycles. The monoisotopic (exact) mass is 241 g/mol. The van der Waals surface area contributed by atoms with E-state index in [-0.39, 0.29) is 5.54 Å². The molecule has 70 valence electrons. The van der Waals surface area contributed by atoms with Crippen LogP contribution in [0.15, 0.2) is 16.7 Å². The minimum Gasteiger partial charge on any atom is -0.380 e. The molecule has 0 aliphatic carbocycles. The van der Waals surface area contributed by atoms with Crippen LogP contribution in [0, 0.1) is 0 Å². The van der Waals surface area contributed by atoms with Gasteiger partial charge in [-0.3, -0.25) is 0 Å². The molecule has 0 unspecified atom stereocenters. The lowest BCUT2D eigenvalue weighted by molar-refractivity contribution is 0.585. The predicted octanol–water partition coefficient (Wildman–Crippen LogP) is 2.46. The van der Waals surface area contributed by atoms with Crippen molar-refractivity contribution in [1.82, 2.24) is 4.98 Å². The van der Waals surface area contributed by atoms with E-state index in [9.17, 15) is 0 Å². The summed E-state index contributed by atoms with van der Waals surface area (Å²) in [5, 5.41) is 6.71. The van der Waals surface area contributed by atoms with Gasteiger partial charge in [-0.1, -0.05) is 0 Å². The number of halogens is 1. The largest absolute Gasteiger partial charge is 0.380 e. The van der Waals surface area contributed by atoms with Crippen LogP contribution in [0.3, 0.4) is 0 Å². The Bertz CT molecular complexity index is 336. The molecule has 4 heteroatoms. The Morgan fingerprint density at radius 1 is 1.54 bits per heavy atom. The second kappa shape index (κ2) is 2.87. The molecule has 2 rings (SSSR count). The predicted molar refractivity (Wildman–Crippen MR) is 58.1 cm³/mol. The van der Waals surface area contributed by atoms with E-state index < -0.39 is 0 Å². The molecule has 2 heterocycles. The molecule has 13 heavy (non-hydrogen) atoms. The Hall–Kier alpha value is -0.770. The van der Waals surface area contributed by atoms with E-state index in [0.29, 0.717) is 0 Å². The van der Waals surface area contributed by atoms with E-state index in [4.69, 9.17) is 0 Å². The normalized spacial score (nSPS) is 18.4. The van der Waals surface area contributed by atoms with E-state index in [2.05, 4.69) is 45.4 Å². The first-order valence-electron chi connectivity index (χ1n) is 4.24. The van der Waals surface area contributed by atoms with Gasteiger partial charge >= 0.3 is 0 Å². The molecular weight excluding hydrogens is 230 g/mol. The Morgan fingerprint density at radius 3 is 3.08 bits per heavy atom. The summed E-state index contributed by atoms with van der Waals surface area (Å²) in [6, 6.07) is 2.03. The van der Waals surface area contributed by atoms with Gasteiger partial charge in [0.25, 0.3) is 0 Å². The third-order valence-corrected chi connectivity index (χ3v) is 2.47. The lowest BCUT2D eigenvalue weighted by Gasteiger charge is -2.33. The number of pyridine rings is 1. The zero-order valence-corrected chi connectivity index (χ0v) is 9.27. The second-order valence-corrected chi connectivity index (χ2v) is 4.83. The zero-order chi connectivity index (χ0) is 9.47. The number of nitrogens with zero attached hydrogens (tertiary/aromatic N) is 1. The smallest absolute Gasteiger partial charge is 0.149 e. The molecule has 0 aromatic carbocycles. The Kier molecular flexibility index (Phi) is 1.95. The number of nitrogens with one attached hydrogen (secondary N) is 2. The molecule has 1 aromatic heterocycles. The summed E-state index contributed by atoms with van der Waals surface area (Å²) in [4.78, 5) is 4.29. The Morgan fingerprint density at radius 2 is 2.31 bits per heavy atom. The van der Waals surface area contributed by atoms with Crippen LogP contribution in [0.4, 0.5) is 11.5 Å². The summed E-state index contributed by atoms with van der Waals surface area (Å²) in [5.74, 6) is 0.930. The van der Waals surface area contributed by atoms with Crippen LogP contribution in [0.5, 0.6) is 0 Å². The van der Waals surface area contributed by atoms with Gasteiger partial charge in [0.05, 0.1) is 11.2 Å². The van der Waals surface area contributed by atoms with Crippen LogP contribution in [-0.2, 0) is 0 Å². The highest BCUT2D eigenvalue weighted by atomic mass is 79.9. The topological polar surface area (TPSA) is 37.0 Å². The lowest BCUT2D eigenvalue weighted by atomic mass is 10.0. The molecule has 0 saturated carbocycles. The van der Waals surface area contributed by atoms with E-state index in [1.807, 2.05) is 6.07 Å². The number of rotatable bonds is 0. The van der Waals surface area contributed by atoms with Gasteiger partial charge in [0, 0.05) is 17.2 Å². The van der Waals surface area contributed by atoms with E-state index in [1.165, 1.54) is 0 Å². The van der Waals surface area contributed by atoms with E-state index >= 15 is 0 Å². The van der Waals surface area contributed by atoms with Crippen molar-refractivity contribution in [2.45, 2.75) is 19.4 Å². The van der Waals surface area contributed by atoms with Crippen LogP contribution >= 0.6 is 15.9 Å². The van der Waals surface area contributed by atoms with Gasteiger partial charge in [0.2, 0.25) is 0 Å². The fourth-order valence-electron chi connectivity index (χ4n) is 1.35. The fraction of sp³-hybridized carbons (Fsp3) is 0.444. The van der Waals surface area contributed by atoms with Crippen molar-refractivity contribution in [3.8, 4) is 0 Å². The molecule has 0 atom stereocenters. The molecule has 0 spiro atoms. The maximum absolute atomic E-state index is 4.29. The number of hydrogen-bond donors (Lipinski definition) is 2. The molecule has 1 aliphatic rings. The molecule has 0 bridgehead atoms. The molecule has 2 N–H and O–H groups in total. The first-order chi connectivity index (χ1) is 6.07. The lowest BCUT2D eigenvalue weighted by Crippen LogP contribution is -2.42. The molecule has 1 aromatic rings. The van der Waals surface area contributed by atoms with Crippen LogP contribution in [-0.4, -0.2) is 17.1 Å². The molecular formula is C9H12BrN3. The number of hydrogen-bond acceptors (Lipinski definition) is 3. The van der Waals surface area contributed by atoms with Crippen molar-refractivity contribution in [2.75, 3.05) is 17.2 Å². The average Bonchev–Trinajstić information content (AvgIpc) is 2.05. The van der Waals surface area contributed by atoms with Gasteiger partial charge < -0.3 is 10.6 Å². The summed E-state index contributed by atoms with van der Waals surface area (Å²) in [6.07, 6.45) is 1.80. The zero-order valence-electron chi connectivity index (χ0n) is 7.69. The van der Waals surface area contributed by atoms with Crippen molar-refractivity contribution in [2.24, 2.45) is 0 Å². The molecule has 0 fully saturated rings. The summed E-state index contributed by atoms with van der Waals surface area (Å²) in [7, 11) is 0. The molecule has 0 amide bonds. The maximum atomic E-state index is 4.29. The minimum absolute atomic E-state index is 0.0772. The average molecular weight is 242 g/mol. The number of aromatic nitrogens is 1. The standard InChI is InChI=1S/C9H12BrN3/c1-9(2)5-12-7-3-6(10)4-11-8(7)13-9/h3-4,12H,5H2,1-2H3,(H,11,13). The van der Waals surface area contributed by atoms with Crippen molar-refractivity contribution in [3.05, 3.63) is 16.7 Å². The quantitative estimate of drug-likeness (QED) is 0.733. The van der Waals surface area contributed by atoms with Gasteiger partial charge in [0.15, 0.2) is 0 Å². The SMILES string of the molecule is CC1(C)CNc2cc(Br)cnc2N1. The minimum atomic E-state index is 0.0772. The van der Waals surface area contributed by atoms with Crippen LogP contribution in [0.1, 0.15) is 13.8 Å². The van der Waals surface area contributed by atoms with Crippen molar-refractivity contribution >= 4 is 27.4 Å². The third kappa shape index (κ3) is 1.77. The molecule has 0 radical (unpaired) electrons. The van der Waals surface area contributed by atoms with Gasteiger partial charge in [-0.2, -0.15) is 0 Å². The van der Waals surface area contributed by atoms with Gasteiger partial charge in [-0.25, -0.2) is 4.98 Å². The van der Waals surface area contributed by atoms with Crippen LogP contribution < -0.4 is 10.6 Å². The van der Waals surface area contributed by atoms with Crippen LogP contribution in [0.2, 0.25) is 0 Å². The fourth-order valence-corrected chi connectivity index (χ4v) is 1.69. The Balaban J connectivity index is 2.37. The maximum Gasteiger partial charge on any atom is 0.149 e. The highest BCUT2D eigenvalue weighted by molar-refractivity contribution is 9.10. The first-order valence-corrected chi connectivity index (χ1v) is 5.04. The second-order valence-electron chi connectivity index (χ2n) is 3.91. The van der Waals surface area contributed by atoms with Crippen molar-refractivity contribution < 1.29 is 0 Å². The summed E-state index contributed by atoms with van der Waals surface area (Å²) >= 11 is 3.39. The van der Waals surface area contributed by atoms with Crippen molar-refractivity contribution in [3.63, 3.8) is 0 Å². The number of anilines is 2. The molecule has 1 aliphatic heterocycles. The van der Waals surface area contributed by atoms with Gasteiger partial charge in [-0.05, 0) is 35.8 Å². The number of fused-ring (bicyclic) bond motifs is 1. The third-order valence-electron chi connectivity index (χ3n) is 2.03. The van der Waals surface area contributed by atoms with Crippen molar-refractivity contribution in [1.29, 1.82) is 0 Å². The summed E-state index contributed by atoms with van der Waals surface area (Å²) in [5.41, 5.74) is 1.14. The highest BCUT2D eigenvalue weighted by Crippen LogP contribution is 2.29. The van der Waals surface area contributed by atoms with Gasteiger partial charge in [0.1, 0.15) is 5.82 Å². The highest BCUT2D eigenvalue weighted by Gasteiger charge is 2.24.